The molecular formula is C23H17NO5S2. The molecule has 0 saturated carbocycles. The number of carbonyl (C=O) groups is 2. The number of amides is 1. The van der Waals surface area contributed by atoms with E-state index in [1.165, 1.54) is 23.9 Å². The second-order valence-corrected chi connectivity index (χ2v) is 8.38. The number of carbonyl (C=O) groups excluding carboxylic acids is 1. The molecule has 0 bridgehead atoms. The first-order chi connectivity index (χ1) is 14.9. The summed E-state index contributed by atoms with van der Waals surface area (Å²) in [5, 5.41) is 9.01. The van der Waals surface area contributed by atoms with E-state index in [1.54, 1.807) is 42.4 Å². The number of furan rings is 1. The summed E-state index contributed by atoms with van der Waals surface area (Å²) < 4.78 is 11.5. The summed E-state index contributed by atoms with van der Waals surface area (Å²) in [6.07, 6.45) is 1.67. The number of methoxy groups -OCH3 is 1. The molecule has 1 fully saturated rings. The van der Waals surface area contributed by atoms with Crippen LogP contribution in [0.1, 0.15) is 21.7 Å². The largest absolute Gasteiger partial charge is 0.497 e. The van der Waals surface area contributed by atoms with E-state index in [2.05, 4.69) is 0 Å². The zero-order chi connectivity index (χ0) is 22.0. The van der Waals surface area contributed by atoms with Gasteiger partial charge in [-0.3, -0.25) is 9.69 Å². The van der Waals surface area contributed by atoms with Crippen LogP contribution < -0.4 is 4.74 Å². The maximum atomic E-state index is 12.9. The minimum absolute atomic E-state index is 0.179. The van der Waals surface area contributed by atoms with Crippen LogP contribution in [0.2, 0.25) is 0 Å². The Morgan fingerprint density at radius 1 is 1.19 bits per heavy atom. The van der Waals surface area contributed by atoms with Gasteiger partial charge in [0.25, 0.3) is 5.91 Å². The Labute approximate surface area is 188 Å². The molecule has 0 spiro atoms. The number of thiocarbonyl (C=S) groups is 1. The van der Waals surface area contributed by atoms with Crippen LogP contribution in [0.3, 0.4) is 0 Å². The maximum absolute atomic E-state index is 12.9. The highest BCUT2D eigenvalue weighted by Crippen LogP contribution is 2.35. The maximum Gasteiger partial charge on any atom is 0.335 e. The third-order valence-corrected chi connectivity index (χ3v) is 6.04. The van der Waals surface area contributed by atoms with Crippen LogP contribution in [0.4, 0.5) is 0 Å². The summed E-state index contributed by atoms with van der Waals surface area (Å²) >= 11 is 6.63. The SMILES string of the molecule is COc1cccc(CN2C(=O)/C(=C/c3ccc(-c4ccc(C(=O)O)cc4)o3)SC2=S)c1. The van der Waals surface area contributed by atoms with Crippen LogP contribution in [-0.4, -0.2) is 33.3 Å². The van der Waals surface area contributed by atoms with Crippen LogP contribution in [0.5, 0.6) is 5.75 Å². The van der Waals surface area contributed by atoms with Gasteiger partial charge in [0.05, 0.1) is 24.1 Å². The van der Waals surface area contributed by atoms with Gasteiger partial charge in [-0.1, -0.05) is 48.2 Å². The number of carboxylic acids is 1. The molecule has 1 amide bonds. The van der Waals surface area contributed by atoms with Gasteiger partial charge in [0.2, 0.25) is 0 Å². The molecule has 1 aliphatic rings. The molecule has 2 aromatic carbocycles. The van der Waals surface area contributed by atoms with E-state index in [-0.39, 0.29) is 11.5 Å². The Morgan fingerprint density at radius 2 is 1.97 bits per heavy atom. The van der Waals surface area contributed by atoms with Gasteiger partial charge in [-0.15, -0.1) is 0 Å². The Balaban J connectivity index is 1.51. The van der Waals surface area contributed by atoms with E-state index < -0.39 is 5.97 Å². The predicted molar refractivity (Wildman–Crippen MR) is 123 cm³/mol. The molecule has 6 nitrogen and oxygen atoms in total. The van der Waals surface area contributed by atoms with Gasteiger partial charge in [0.1, 0.15) is 21.6 Å². The fourth-order valence-corrected chi connectivity index (χ4v) is 4.32. The number of carboxylic acid groups (broad SMARTS) is 1. The van der Waals surface area contributed by atoms with Gasteiger partial charge in [-0.05, 0) is 42.0 Å². The van der Waals surface area contributed by atoms with Crippen molar-refractivity contribution in [3.63, 3.8) is 0 Å². The van der Waals surface area contributed by atoms with E-state index in [1.807, 2.05) is 24.3 Å². The third-order valence-electron chi connectivity index (χ3n) is 4.66. The second kappa shape index (κ2) is 8.79. The molecule has 1 N–H and O–H groups in total. The Kier molecular flexibility index (Phi) is 5.92. The van der Waals surface area contributed by atoms with Crippen LogP contribution >= 0.6 is 24.0 Å². The van der Waals surface area contributed by atoms with E-state index in [4.69, 9.17) is 26.5 Å². The molecular weight excluding hydrogens is 434 g/mol. The molecule has 31 heavy (non-hydrogen) atoms. The van der Waals surface area contributed by atoms with Gasteiger partial charge in [-0.25, -0.2) is 4.79 Å². The zero-order valence-electron chi connectivity index (χ0n) is 16.4. The quantitative estimate of drug-likeness (QED) is 0.415. The predicted octanol–water partition coefficient (Wildman–Crippen LogP) is 5.05. The average Bonchev–Trinajstić information content (AvgIpc) is 3.34. The summed E-state index contributed by atoms with van der Waals surface area (Å²) in [7, 11) is 1.60. The summed E-state index contributed by atoms with van der Waals surface area (Å²) in [6, 6.07) is 17.4. The standard InChI is InChI=1S/C23H17NO5S2/c1-28-17-4-2-3-14(11-17)13-24-21(25)20(31-23(24)30)12-18-9-10-19(29-18)15-5-7-16(8-6-15)22(26)27/h2-12H,13H2,1H3,(H,26,27)/b20-12-. The molecule has 156 valence electrons. The fourth-order valence-electron chi connectivity index (χ4n) is 3.08. The lowest BCUT2D eigenvalue weighted by molar-refractivity contribution is -0.122. The average molecular weight is 452 g/mol. The minimum Gasteiger partial charge on any atom is -0.497 e. The van der Waals surface area contributed by atoms with Gasteiger partial charge in [0, 0.05) is 11.6 Å². The monoisotopic (exact) mass is 451 g/mol. The highest BCUT2D eigenvalue weighted by atomic mass is 32.2. The van der Waals surface area contributed by atoms with Gasteiger partial charge in [-0.2, -0.15) is 0 Å². The summed E-state index contributed by atoms with van der Waals surface area (Å²) in [6.45, 7) is 0.360. The molecule has 0 atom stereocenters. The number of aromatic carboxylic acids is 1. The van der Waals surface area contributed by atoms with Crippen LogP contribution in [0.25, 0.3) is 17.4 Å². The zero-order valence-corrected chi connectivity index (χ0v) is 18.0. The highest BCUT2D eigenvalue weighted by molar-refractivity contribution is 8.26. The molecule has 1 aromatic heterocycles. The second-order valence-electron chi connectivity index (χ2n) is 6.70. The van der Waals surface area contributed by atoms with Crippen molar-refractivity contribution >= 4 is 46.3 Å². The smallest absolute Gasteiger partial charge is 0.335 e. The van der Waals surface area contributed by atoms with E-state index in [9.17, 15) is 9.59 Å². The number of ether oxygens (including phenoxy) is 1. The van der Waals surface area contributed by atoms with Crippen molar-refractivity contribution in [3.8, 4) is 17.1 Å². The molecule has 2 heterocycles. The van der Waals surface area contributed by atoms with Gasteiger partial charge >= 0.3 is 5.97 Å². The third kappa shape index (κ3) is 4.55. The number of hydrogen-bond acceptors (Lipinski definition) is 6. The number of rotatable bonds is 6. The lowest BCUT2D eigenvalue weighted by Gasteiger charge is -2.14. The van der Waals surface area contributed by atoms with Crippen molar-refractivity contribution in [3.05, 3.63) is 82.5 Å². The number of thioether (sulfide) groups is 1. The summed E-state index contributed by atoms with van der Waals surface area (Å²) in [5.41, 5.74) is 1.87. The van der Waals surface area contributed by atoms with Crippen molar-refractivity contribution < 1.29 is 23.8 Å². The first-order valence-electron chi connectivity index (χ1n) is 9.26. The van der Waals surface area contributed by atoms with Crippen LogP contribution in [0, 0.1) is 0 Å². The fraction of sp³-hybridized carbons (Fsp3) is 0.0870. The van der Waals surface area contributed by atoms with E-state index in [0.29, 0.717) is 27.3 Å². The molecule has 0 radical (unpaired) electrons. The summed E-state index contributed by atoms with van der Waals surface area (Å²) in [4.78, 5) is 25.9. The Bertz CT molecular complexity index is 1200. The molecule has 4 rings (SSSR count). The summed E-state index contributed by atoms with van der Waals surface area (Å²) in [5.74, 6) is 0.650. The molecule has 1 saturated heterocycles. The number of hydrogen-bond donors (Lipinski definition) is 1. The van der Waals surface area contributed by atoms with E-state index in [0.717, 1.165) is 16.9 Å². The van der Waals surface area contributed by atoms with Crippen molar-refractivity contribution in [1.29, 1.82) is 0 Å². The Morgan fingerprint density at radius 3 is 2.68 bits per heavy atom. The van der Waals surface area contributed by atoms with E-state index >= 15 is 0 Å². The van der Waals surface area contributed by atoms with Crippen LogP contribution in [-0.2, 0) is 11.3 Å². The first kappa shape index (κ1) is 20.9. The molecule has 1 aliphatic heterocycles. The van der Waals surface area contributed by atoms with Gasteiger partial charge < -0.3 is 14.3 Å². The Hall–Kier alpha value is -3.36. The number of benzene rings is 2. The van der Waals surface area contributed by atoms with Crippen molar-refractivity contribution in [2.45, 2.75) is 6.54 Å². The molecule has 0 unspecified atom stereocenters. The number of nitrogens with zero attached hydrogens (tertiary/aromatic N) is 1. The molecule has 0 aliphatic carbocycles. The van der Waals surface area contributed by atoms with Crippen molar-refractivity contribution in [2.24, 2.45) is 0 Å². The normalized spacial score (nSPS) is 15.0. The van der Waals surface area contributed by atoms with Crippen LogP contribution in [0.15, 0.2) is 70.0 Å². The molecule has 3 aromatic rings. The highest BCUT2D eigenvalue weighted by Gasteiger charge is 2.32. The van der Waals surface area contributed by atoms with Gasteiger partial charge in [0.15, 0.2) is 0 Å². The van der Waals surface area contributed by atoms with Crippen molar-refractivity contribution in [1.82, 2.24) is 4.90 Å². The first-order valence-corrected chi connectivity index (χ1v) is 10.5. The lowest BCUT2D eigenvalue weighted by atomic mass is 10.1. The lowest BCUT2D eigenvalue weighted by Crippen LogP contribution is -2.27. The topological polar surface area (TPSA) is 80.0 Å². The minimum atomic E-state index is -0.984. The van der Waals surface area contributed by atoms with Crippen molar-refractivity contribution in [2.75, 3.05) is 7.11 Å². The molecule has 8 heteroatoms.